The van der Waals surface area contributed by atoms with Gasteiger partial charge in [0.05, 0.1) is 6.61 Å². The Morgan fingerprint density at radius 3 is 2.43 bits per heavy atom. The summed E-state index contributed by atoms with van der Waals surface area (Å²) in [5.41, 5.74) is 1.95. The van der Waals surface area contributed by atoms with E-state index in [0.29, 0.717) is 11.1 Å². The number of carbonyl (C=O) groups is 1. The van der Waals surface area contributed by atoms with Crippen molar-refractivity contribution in [2.45, 2.75) is 37.6 Å². The molecule has 1 fully saturated rings. The van der Waals surface area contributed by atoms with E-state index in [1.54, 1.807) is 18.2 Å². The number of rotatable bonds is 5. The van der Waals surface area contributed by atoms with Crippen LogP contribution in [-0.2, 0) is 4.74 Å². The Hall–Kier alpha value is -2.49. The van der Waals surface area contributed by atoms with Crippen LogP contribution in [-0.4, -0.2) is 68.8 Å². The van der Waals surface area contributed by atoms with E-state index in [-0.39, 0.29) is 11.3 Å². The summed E-state index contributed by atoms with van der Waals surface area (Å²) in [4.78, 5) is 11.7. The van der Waals surface area contributed by atoms with Crippen molar-refractivity contribution in [3.63, 3.8) is 0 Å². The van der Waals surface area contributed by atoms with E-state index in [1.165, 1.54) is 6.07 Å². The van der Waals surface area contributed by atoms with Crippen molar-refractivity contribution < 1.29 is 39.8 Å². The van der Waals surface area contributed by atoms with E-state index < -0.39 is 43.3 Å². The molecule has 150 valence electrons. The molecule has 28 heavy (non-hydrogen) atoms. The number of benzene rings is 2. The summed E-state index contributed by atoms with van der Waals surface area (Å²) < 4.78 is 11.1. The van der Waals surface area contributed by atoms with Gasteiger partial charge in [-0.1, -0.05) is 42.0 Å². The predicted molar refractivity (Wildman–Crippen MR) is 98.0 cm³/mol. The minimum Gasteiger partial charge on any atom is -0.478 e. The van der Waals surface area contributed by atoms with Gasteiger partial charge in [0.2, 0.25) is 6.29 Å². The van der Waals surface area contributed by atoms with Gasteiger partial charge in [-0.15, -0.1) is 0 Å². The van der Waals surface area contributed by atoms with Gasteiger partial charge in [0.25, 0.3) is 0 Å². The fourth-order valence-corrected chi connectivity index (χ4v) is 3.15. The van der Waals surface area contributed by atoms with Crippen molar-refractivity contribution in [2.24, 2.45) is 0 Å². The SMILES string of the molecule is Cc1cccc(-c2cccc(C(=O)O)c2O[C@H]2O[C@H](CO)[C@@H](O)[C@H](O)[C@@H]2O)c1. The van der Waals surface area contributed by atoms with Crippen LogP contribution < -0.4 is 4.74 Å². The standard InChI is InChI=1S/C20H22O8/c1-10-4-2-5-11(8-10)12-6-3-7-13(19(25)26)18(12)28-20-17(24)16(23)15(22)14(9-21)27-20/h2-8,14-17,20-24H,9H2,1H3,(H,25,26)/t14-,15-,16+,17+,20-/m1/s1. The third-order valence-electron chi connectivity index (χ3n) is 4.66. The second-order valence-electron chi connectivity index (χ2n) is 6.67. The lowest BCUT2D eigenvalue weighted by Gasteiger charge is -2.39. The highest BCUT2D eigenvalue weighted by molar-refractivity contribution is 5.94. The third-order valence-corrected chi connectivity index (χ3v) is 4.66. The van der Waals surface area contributed by atoms with Crippen LogP contribution >= 0.6 is 0 Å². The molecule has 8 heteroatoms. The molecule has 1 saturated heterocycles. The van der Waals surface area contributed by atoms with Crippen molar-refractivity contribution in [1.82, 2.24) is 0 Å². The first-order valence-electron chi connectivity index (χ1n) is 8.74. The van der Waals surface area contributed by atoms with E-state index in [2.05, 4.69) is 0 Å². The van der Waals surface area contributed by atoms with Crippen LogP contribution in [0.15, 0.2) is 42.5 Å². The van der Waals surface area contributed by atoms with Crippen LogP contribution in [0.2, 0.25) is 0 Å². The monoisotopic (exact) mass is 390 g/mol. The van der Waals surface area contributed by atoms with E-state index in [4.69, 9.17) is 9.47 Å². The zero-order valence-corrected chi connectivity index (χ0v) is 15.1. The molecule has 2 aromatic carbocycles. The Labute approximate surface area is 161 Å². The van der Waals surface area contributed by atoms with Gasteiger partial charge in [0.1, 0.15) is 35.7 Å². The van der Waals surface area contributed by atoms with Gasteiger partial charge in [0.15, 0.2) is 0 Å². The molecule has 0 spiro atoms. The molecular formula is C20H22O8. The highest BCUT2D eigenvalue weighted by atomic mass is 16.7. The van der Waals surface area contributed by atoms with E-state index in [1.807, 2.05) is 25.1 Å². The number of carboxylic acid groups (broad SMARTS) is 1. The molecule has 0 saturated carbocycles. The van der Waals surface area contributed by atoms with Gasteiger partial charge in [0, 0.05) is 5.56 Å². The molecule has 5 atom stereocenters. The fraction of sp³-hybridized carbons (Fsp3) is 0.350. The molecule has 1 aliphatic rings. The molecule has 1 heterocycles. The molecule has 0 bridgehead atoms. The van der Waals surface area contributed by atoms with Gasteiger partial charge in [-0.25, -0.2) is 4.79 Å². The first kappa shape index (κ1) is 20.2. The fourth-order valence-electron chi connectivity index (χ4n) is 3.15. The van der Waals surface area contributed by atoms with Crippen LogP contribution in [0.1, 0.15) is 15.9 Å². The molecule has 0 aromatic heterocycles. The highest BCUT2D eigenvalue weighted by Crippen LogP contribution is 2.36. The summed E-state index contributed by atoms with van der Waals surface area (Å²) in [6, 6.07) is 11.9. The molecule has 8 nitrogen and oxygen atoms in total. The first-order valence-corrected chi connectivity index (χ1v) is 8.74. The second kappa shape index (κ2) is 8.26. The Kier molecular flexibility index (Phi) is 5.97. The van der Waals surface area contributed by atoms with Gasteiger partial charge in [-0.3, -0.25) is 0 Å². The molecular weight excluding hydrogens is 368 g/mol. The number of ether oxygens (including phenoxy) is 2. The van der Waals surface area contributed by atoms with Crippen molar-refractivity contribution in [2.75, 3.05) is 6.61 Å². The van der Waals surface area contributed by atoms with Crippen LogP contribution in [0.25, 0.3) is 11.1 Å². The van der Waals surface area contributed by atoms with Gasteiger partial charge < -0.3 is 35.0 Å². The number of hydrogen-bond acceptors (Lipinski definition) is 7. The van der Waals surface area contributed by atoms with Crippen molar-refractivity contribution in [3.8, 4) is 16.9 Å². The Morgan fingerprint density at radius 2 is 1.79 bits per heavy atom. The first-order chi connectivity index (χ1) is 13.3. The molecule has 3 rings (SSSR count). The summed E-state index contributed by atoms with van der Waals surface area (Å²) in [5.74, 6) is -1.29. The maximum atomic E-state index is 11.7. The van der Waals surface area contributed by atoms with Crippen molar-refractivity contribution >= 4 is 5.97 Å². The summed E-state index contributed by atoms with van der Waals surface area (Å²) in [6.45, 7) is 1.28. The summed E-state index contributed by atoms with van der Waals surface area (Å²) in [7, 11) is 0. The number of aliphatic hydroxyl groups excluding tert-OH is 4. The Morgan fingerprint density at radius 1 is 1.07 bits per heavy atom. The minimum absolute atomic E-state index is 0.0510. The molecule has 1 aliphatic heterocycles. The van der Waals surface area contributed by atoms with Gasteiger partial charge >= 0.3 is 5.97 Å². The lowest BCUT2D eigenvalue weighted by atomic mass is 9.98. The molecule has 2 aromatic rings. The number of aliphatic hydroxyl groups is 4. The lowest BCUT2D eigenvalue weighted by molar-refractivity contribution is -0.277. The van der Waals surface area contributed by atoms with Crippen LogP contribution in [0.4, 0.5) is 0 Å². The number of aromatic carboxylic acids is 1. The van der Waals surface area contributed by atoms with Gasteiger partial charge in [-0.2, -0.15) is 0 Å². The maximum Gasteiger partial charge on any atom is 0.339 e. The summed E-state index contributed by atoms with van der Waals surface area (Å²) in [6.07, 6.45) is -7.46. The molecule has 0 unspecified atom stereocenters. The number of hydrogen-bond donors (Lipinski definition) is 5. The largest absolute Gasteiger partial charge is 0.478 e. The highest BCUT2D eigenvalue weighted by Gasteiger charge is 2.45. The average Bonchev–Trinajstić information content (AvgIpc) is 2.68. The number of carboxylic acids is 1. The zero-order valence-electron chi connectivity index (χ0n) is 15.1. The summed E-state index contributed by atoms with van der Waals surface area (Å²) >= 11 is 0. The zero-order chi connectivity index (χ0) is 20.4. The third kappa shape index (κ3) is 3.87. The molecule has 0 aliphatic carbocycles. The number of para-hydroxylation sites is 1. The quantitative estimate of drug-likeness (QED) is 0.499. The van der Waals surface area contributed by atoms with Crippen LogP contribution in [0, 0.1) is 6.92 Å². The van der Waals surface area contributed by atoms with E-state index in [0.717, 1.165) is 5.56 Å². The smallest absolute Gasteiger partial charge is 0.339 e. The normalized spacial score (nSPS) is 27.4. The second-order valence-corrected chi connectivity index (χ2v) is 6.67. The summed E-state index contributed by atoms with van der Waals surface area (Å²) in [5, 5.41) is 49.0. The van der Waals surface area contributed by atoms with Gasteiger partial charge in [-0.05, 0) is 18.6 Å². The van der Waals surface area contributed by atoms with Crippen molar-refractivity contribution in [3.05, 3.63) is 53.6 Å². The minimum atomic E-state index is -1.65. The molecule has 0 amide bonds. The van der Waals surface area contributed by atoms with Crippen LogP contribution in [0.3, 0.4) is 0 Å². The average molecular weight is 390 g/mol. The Bertz CT molecular complexity index is 850. The molecule has 5 N–H and O–H groups in total. The van der Waals surface area contributed by atoms with Crippen LogP contribution in [0.5, 0.6) is 5.75 Å². The topological polar surface area (TPSA) is 137 Å². The predicted octanol–water partition coefficient (Wildman–Crippen LogP) is 0.539. The van der Waals surface area contributed by atoms with E-state index in [9.17, 15) is 30.3 Å². The van der Waals surface area contributed by atoms with Crippen molar-refractivity contribution in [1.29, 1.82) is 0 Å². The van der Waals surface area contributed by atoms with E-state index >= 15 is 0 Å². The lowest BCUT2D eigenvalue weighted by Crippen LogP contribution is -2.60. The molecule has 0 radical (unpaired) electrons. The number of aryl methyl sites for hydroxylation is 1. The Balaban J connectivity index is 2.04. The maximum absolute atomic E-state index is 11.7.